The van der Waals surface area contributed by atoms with Crippen LogP contribution in [0.15, 0.2) is 6.20 Å². The lowest BCUT2D eigenvalue weighted by atomic mass is 9.90. The van der Waals surface area contributed by atoms with Crippen LogP contribution < -0.4 is 5.32 Å². The summed E-state index contributed by atoms with van der Waals surface area (Å²) in [4.78, 5) is 29.9. The van der Waals surface area contributed by atoms with Crippen molar-refractivity contribution in [3.05, 3.63) is 16.1 Å². The number of carboxylic acids is 1. The zero-order valence-electron chi connectivity index (χ0n) is 11.0. The Hall–Kier alpha value is -1.63. The number of likely N-dealkylation sites (tertiary alicyclic amines) is 1. The Morgan fingerprint density at radius 1 is 1.63 bits per heavy atom. The number of urea groups is 1. The quantitative estimate of drug-likeness (QED) is 0.879. The molecule has 1 fully saturated rings. The van der Waals surface area contributed by atoms with Gasteiger partial charge >= 0.3 is 12.0 Å². The first-order chi connectivity index (χ1) is 8.90. The highest BCUT2D eigenvalue weighted by Gasteiger charge is 2.42. The molecular formula is C12H17N3O3S. The summed E-state index contributed by atoms with van der Waals surface area (Å²) in [7, 11) is 0. The number of nitrogens with one attached hydrogen (secondary N) is 1. The van der Waals surface area contributed by atoms with Crippen molar-refractivity contribution in [2.75, 3.05) is 13.1 Å². The van der Waals surface area contributed by atoms with E-state index in [0.29, 0.717) is 19.5 Å². The molecule has 1 saturated heterocycles. The normalized spacial score (nSPS) is 22.5. The molecule has 0 aromatic carbocycles. The van der Waals surface area contributed by atoms with Crippen molar-refractivity contribution in [1.29, 1.82) is 0 Å². The zero-order valence-corrected chi connectivity index (χ0v) is 11.8. The lowest BCUT2D eigenvalue weighted by Gasteiger charge is -2.20. The van der Waals surface area contributed by atoms with E-state index in [0.717, 1.165) is 9.88 Å². The zero-order chi connectivity index (χ0) is 14.0. The molecular weight excluding hydrogens is 266 g/mol. The number of thiazole rings is 1. The Kier molecular flexibility index (Phi) is 3.75. The molecule has 1 aromatic rings. The number of aromatic nitrogens is 1. The van der Waals surface area contributed by atoms with Gasteiger partial charge in [-0.15, -0.1) is 11.3 Å². The third-order valence-corrected chi connectivity index (χ3v) is 4.25. The van der Waals surface area contributed by atoms with Crippen LogP contribution >= 0.6 is 11.3 Å². The lowest BCUT2D eigenvalue weighted by Crippen LogP contribution is -2.40. The molecule has 0 bridgehead atoms. The van der Waals surface area contributed by atoms with Crippen LogP contribution in [-0.4, -0.2) is 40.1 Å². The number of rotatable bonds is 3. The third kappa shape index (κ3) is 3.04. The summed E-state index contributed by atoms with van der Waals surface area (Å²) in [5.41, 5.74) is -0.824. The van der Waals surface area contributed by atoms with Crippen LogP contribution in [0, 0.1) is 12.3 Å². The molecule has 2 N–H and O–H groups in total. The van der Waals surface area contributed by atoms with Gasteiger partial charge in [0.15, 0.2) is 0 Å². The van der Waals surface area contributed by atoms with Crippen molar-refractivity contribution in [3.63, 3.8) is 0 Å². The number of carbonyl (C=O) groups excluding carboxylic acids is 1. The number of hydrogen-bond donors (Lipinski definition) is 2. The minimum atomic E-state index is -0.849. The fourth-order valence-corrected chi connectivity index (χ4v) is 2.78. The Morgan fingerprint density at radius 2 is 2.37 bits per heavy atom. The van der Waals surface area contributed by atoms with Gasteiger partial charge in [0, 0.05) is 24.2 Å². The number of hydrogen-bond acceptors (Lipinski definition) is 4. The molecule has 1 aromatic heterocycles. The summed E-state index contributed by atoms with van der Waals surface area (Å²) in [6.45, 7) is 4.75. The second-order valence-corrected chi connectivity index (χ2v) is 6.38. The number of aliphatic carboxylic acids is 1. The van der Waals surface area contributed by atoms with E-state index in [1.165, 1.54) is 11.3 Å². The maximum Gasteiger partial charge on any atom is 0.317 e. The number of nitrogens with zero attached hydrogens (tertiary/aromatic N) is 2. The van der Waals surface area contributed by atoms with E-state index in [1.54, 1.807) is 18.0 Å². The molecule has 0 spiro atoms. The average Bonchev–Trinajstić information content (AvgIpc) is 2.94. The van der Waals surface area contributed by atoms with Gasteiger partial charge in [0.2, 0.25) is 0 Å². The highest BCUT2D eigenvalue weighted by molar-refractivity contribution is 7.11. The van der Waals surface area contributed by atoms with Crippen molar-refractivity contribution < 1.29 is 14.7 Å². The van der Waals surface area contributed by atoms with Gasteiger partial charge < -0.3 is 15.3 Å². The minimum absolute atomic E-state index is 0.224. The highest BCUT2D eigenvalue weighted by Crippen LogP contribution is 2.29. The van der Waals surface area contributed by atoms with Gasteiger partial charge in [-0.1, -0.05) is 0 Å². The van der Waals surface area contributed by atoms with E-state index in [-0.39, 0.29) is 12.6 Å². The van der Waals surface area contributed by atoms with Crippen LogP contribution in [0.2, 0.25) is 0 Å². The standard InChI is InChI=1S/C12H17N3O3S/c1-8-5-13-9(19-8)6-14-11(18)15-4-3-12(2,7-15)10(16)17/h5H,3-4,6-7H2,1-2H3,(H,14,18)(H,16,17). The van der Waals surface area contributed by atoms with Crippen molar-refractivity contribution in [2.24, 2.45) is 5.41 Å². The SMILES string of the molecule is Cc1cnc(CNC(=O)N2CCC(C)(C(=O)O)C2)s1. The van der Waals surface area contributed by atoms with Gasteiger partial charge in [-0.2, -0.15) is 0 Å². The summed E-state index contributed by atoms with van der Waals surface area (Å²) in [6.07, 6.45) is 2.26. The molecule has 19 heavy (non-hydrogen) atoms. The molecule has 2 heterocycles. The average molecular weight is 283 g/mol. The number of aryl methyl sites for hydroxylation is 1. The molecule has 104 valence electrons. The van der Waals surface area contributed by atoms with Crippen LogP contribution in [0.1, 0.15) is 23.2 Å². The van der Waals surface area contributed by atoms with Crippen molar-refractivity contribution in [1.82, 2.24) is 15.2 Å². The summed E-state index contributed by atoms with van der Waals surface area (Å²) < 4.78 is 0. The smallest absolute Gasteiger partial charge is 0.317 e. The summed E-state index contributed by atoms with van der Waals surface area (Å²) in [5, 5.41) is 12.7. The first-order valence-electron chi connectivity index (χ1n) is 6.08. The van der Waals surface area contributed by atoms with Gasteiger partial charge in [0.25, 0.3) is 0 Å². The fourth-order valence-electron chi connectivity index (χ4n) is 2.06. The maximum atomic E-state index is 11.9. The maximum absolute atomic E-state index is 11.9. The molecule has 0 aliphatic carbocycles. The topological polar surface area (TPSA) is 82.5 Å². The number of amides is 2. The van der Waals surface area contributed by atoms with Gasteiger partial charge in [-0.05, 0) is 20.3 Å². The van der Waals surface area contributed by atoms with E-state index < -0.39 is 11.4 Å². The number of carbonyl (C=O) groups is 2. The third-order valence-electron chi connectivity index (χ3n) is 3.34. The molecule has 0 radical (unpaired) electrons. The molecule has 7 heteroatoms. The largest absolute Gasteiger partial charge is 0.481 e. The van der Waals surface area contributed by atoms with Gasteiger partial charge in [-0.3, -0.25) is 4.79 Å². The van der Waals surface area contributed by atoms with Crippen LogP contribution in [-0.2, 0) is 11.3 Å². The van der Waals surface area contributed by atoms with Gasteiger partial charge in [0.05, 0.1) is 12.0 Å². The molecule has 2 rings (SSSR count). The molecule has 0 saturated carbocycles. The molecule has 1 atom stereocenters. The van der Waals surface area contributed by atoms with E-state index in [9.17, 15) is 9.59 Å². The molecule has 6 nitrogen and oxygen atoms in total. The second-order valence-electron chi connectivity index (χ2n) is 5.06. The monoisotopic (exact) mass is 283 g/mol. The summed E-state index contributed by atoms with van der Waals surface area (Å²) in [6, 6.07) is -0.224. The first-order valence-corrected chi connectivity index (χ1v) is 6.90. The molecule has 1 aliphatic heterocycles. The minimum Gasteiger partial charge on any atom is -0.481 e. The second kappa shape index (κ2) is 5.16. The van der Waals surface area contributed by atoms with Crippen LogP contribution in [0.25, 0.3) is 0 Å². The van der Waals surface area contributed by atoms with Gasteiger partial charge in [-0.25, -0.2) is 9.78 Å². The van der Waals surface area contributed by atoms with E-state index in [2.05, 4.69) is 10.3 Å². The Balaban J connectivity index is 1.86. The predicted molar refractivity (Wildman–Crippen MR) is 71.0 cm³/mol. The lowest BCUT2D eigenvalue weighted by molar-refractivity contribution is -0.146. The Labute approximate surface area is 115 Å². The summed E-state index contributed by atoms with van der Waals surface area (Å²) in [5.74, 6) is -0.849. The van der Waals surface area contributed by atoms with Crippen molar-refractivity contribution >= 4 is 23.3 Å². The van der Waals surface area contributed by atoms with Crippen molar-refractivity contribution in [3.8, 4) is 0 Å². The molecule has 2 amide bonds. The Morgan fingerprint density at radius 3 is 2.89 bits per heavy atom. The van der Waals surface area contributed by atoms with Crippen LogP contribution in [0.4, 0.5) is 4.79 Å². The van der Waals surface area contributed by atoms with Gasteiger partial charge in [0.1, 0.15) is 5.01 Å². The Bertz CT molecular complexity index is 502. The van der Waals surface area contributed by atoms with E-state index in [1.807, 2.05) is 6.92 Å². The first kappa shape index (κ1) is 13.8. The van der Waals surface area contributed by atoms with E-state index >= 15 is 0 Å². The van der Waals surface area contributed by atoms with E-state index in [4.69, 9.17) is 5.11 Å². The predicted octanol–water partition coefficient (Wildman–Crippen LogP) is 1.46. The van der Waals surface area contributed by atoms with Crippen molar-refractivity contribution in [2.45, 2.75) is 26.8 Å². The van der Waals surface area contributed by atoms with Crippen LogP contribution in [0.3, 0.4) is 0 Å². The number of carboxylic acid groups (broad SMARTS) is 1. The summed E-state index contributed by atoms with van der Waals surface area (Å²) >= 11 is 1.54. The van der Waals surface area contributed by atoms with Crippen LogP contribution in [0.5, 0.6) is 0 Å². The molecule has 1 aliphatic rings. The highest BCUT2D eigenvalue weighted by atomic mass is 32.1. The fraction of sp³-hybridized carbons (Fsp3) is 0.583. The molecule has 1 unspecified atom stereocenters.